The molecule has 28 heavy (non-hydrogen) atoms. The Kier molecular flexibility index (Phi) is 5.82. The Morgan fingerprint density at radius 3 is 2.68 bits per heavy atom. The Bertz CT molecular complexity index is 917. The number of thiophene rings is 1. The number of aromatic nitrogens is 3. The van der Waals surface area contributed by atoms with Gasteiger partial charge in [-0.15, -0.1) is 21.5 Å². The number of carbonyl (C=O) groups is 1. The SMILES string of the molecule is CCn1c(SCC(=O)NCC2(c3ccccc3)CCC2)nnc1-c1cccs1. The average Bonchev–Trinajstić information content (AvgIpc) is 3.35. The van der Waals surface area contributed by atoms with Crippen LogP contribution in [0.5, 0.6) is 0 Å². The van der Waals surface area contributed by atoms with E-state index >= 15 is 0 Å². The van der Waals surface area contributed by atoms with E-state index in [0.29, 0.717) is 12.3 Å². The van der Waals surface area contributed by atoms with Crippen LogP contribution in [-0.4, -0.2) is 33.0 Å². The van der Waals surface area contributed by atoms with Gasteiger partial charge in [-0.1, -0.05) is 54.6 Å². The largest absolute Gasteiger partial charge is 0.354 e. The summed E-state index contributed by atoms with van der Waals surface area (Å²) in [5.41, 5.74) is 1.44. The van der Waals surface area contributed by atoms with Gasteiger partial charge in [-0.25, -0.2) is 0 Å². The third kappa shape index (κ3) is 3.86. The highest BCUT2D eigenvalue weighted by molar-refractivity contribution is 7.99. The van der Waals surface area contributed by atoms with E-state index in [0.717, 1.165) is 35.2 Å². The van der Waals surface area contributed by atoms with Crippen molar-refractivity contribution >= 4 is 29.0 Å². The zero-order chi connectivity index (χ0) is 19.4. The number of hydrogen-bond donors (Lipinski definition) is 1. The highest BCUT2D eigenvalue weighted by Gasteiger charge is 2.38. The maximum absolute atomic E-state index is 12.5. The fraction of sp³-hybridized carbons (Fsp3) is 0.381. The summed E-state index contributed by atoms with van der Waals surface area (Å²) in [5, 5.41) is 14.6. The molecule has 1 N–H and O–H groups in total. The number of hydrogen-bond acceptors (Lipinski definition) is 5. The summed E-state index contributed by atoms with van der Waals surface area (Å²) in [4.78, 5) is 13.6. The summed E-state index contributed by atoms with van der Waals surface area (Å²) in [6.45, 7) is 3.56. The Morgan fingerprint density at radius 2 is 2.04 bits per heavy atom. The van der Waals surface area contributed by atoms with Gasteiger partial charge in [-0.2, -0.15) is 0 Å². The maximum Gasteiger partial charge on any atom is 0.230 e. The van der Waals surface area contributed by atoms with Crippen LogP contribution in [0.2, 0.25) is 0 Å². The molecule has 0 aliphatic heterocycles. The van der Waals surface area contributed by atoms with Crippen LogP contribution in [0.1, 0.15) is 31.7 Å². The second-order valence-corrected chi connectivity index (χ2v) is 8.98. The molecule has 1 aliphatic carbocycles. The lowest BCUT2D eigenvalue weighted by atomic mass is 9.64. The summed E-state index contributed by atoms with van der Waals surface area (Å²) < 4.78 is 2.07. The molecule has 7 heteroatoms. The molecular formula is C21H24N4OS2. The van der Waals surface area contributed by atoms with E-state index < -0.39 is 0 Å². The van der Waals surface area contributed by atoms with E-state index in [9.17, 15) is 4.79 Å². The number of rotatable bonds is 8. The molecule has 0 atom stereocenters. The van der Waals surface area contributed by atoms with Crippen molar-refractivity contribution in [2.24, 2.45) is 0 Å². The molecule has 0 spiro atoms. The third-order valence-electron chi connectivity index (χ3n) is 5.43. The van der Waals surface area contributed by atoms with Crippen molar-refractivity contribution in [2.45, 2.75) is 43.3 Å². The summed E-state index contributed by atoms with van der Waals surface area (Å²) >= 11 is 3.10. The van der Waals surface area contributed by atoms with E-state index in [1.54, 1.807) is 11.3 Å². The Balaban J connectivity index is 1.35. The lowest BCUT2D eigenvalue weighted by Gasteiger charge is -2.42. The van der Waals surface area contributed by atoms with Gasteiger partial charge in [0.2, 0.25) is 5.91 Å². The van der Waals surface area contributed by atoms with Crippen LogP contribution in [0.3, 0.4) is 0 Å². The number of benzene rings is 1. The lowest BCUT2D eigenvalue weighted by Crippen LogP contribution is -2.46. The highest BCUT2D eigenvalue weighted by Crippen LogP contribution is 2.43. The fourth-order valence-electron chi connectivity index (χ4n) is 3.68. The monoisotopic (exact) mass is 412 g/mol. The van der Waals surface area contributed by atoms with E-state index in [4.69, 9.17) is 0 Å². The standard InChI is InChI=1S/C21H24N4OS2/c1-2-25-19(17-10-6-13-27-17)23-24-20(25)28-14-18(26)22-15-21(11-7-12-21)16-8-4-3-5-9-16/h3-6,8-10,13H,2,7,11-12,14-15H2,1H3,(H,22,26). The van der Waals surface area contributed by atoms with Crippen molar-refractivity contribution < 1.29 is 4.79 Å². The highest BCUT2D eigenvalue weighted by atomic mass is 32.2. The maximum atomic E-state index is 12.5. The number of thioether (sulfide) groups is 1. The zero-order valence-corrected chi connectivity index (χ0v) is 17.6. The van der Waals surface area contributed by atoms with Crippen LogP contribution in [0.15, 0.2) is 53.0 Å². The van der Waals surface area contributed by atoms with E-state index in [-0.39, 0.29) is 11.3 Å². The molecular weight excluding hydrogens is 388 g/mol. The van der Waals surface area contributed by atoms with Crippen molar-refractivity contribution in [2.75, 3.05) is 12.3 Å². The molecule has 146 valence electrons. The van der Waals surface area contributed by atoms with Crippen LogP contribution >= 0.6 is 23.1 Å². The van der Waals surface area contributed by atoms with Gasteiger partial charge in [-0.3, -0.25) is 4.79 Å². The minimum absolute atomic E-state index is 0.0514. The molecule has 4 rings (SSSR count). The minimum atomic E-state index is 0.0514. The van der Waals surface area contributed by atoms with Gasteiger partial charge in [0.1, 0.15) is 0 Å². The molecule has 1 amide bonds. The first-order chi connectivity index (χ1) is 13.7. The topological polar surface area (TPSA) is 59.8 Å². The number of amides is 1. The number of nitrogens with zero attached hydrogens (tertiary/aromatic N) is 3. The third-order valence-corrected chi connectivity index (χ3v) is 7.26. The van der Waals surface area contributed by atoms with Crippen LogP contribution in [0.25, 0.3) is 10.7 Å². The van der Waals surface area contributed by atoms with Crippen molar-refractivity contribution in [3.05, 3.63) is 53.4 Å². The normalized spacial score (nSPS) is 15.2. The second-order valence-electron chi connectivity index (χ2n) is 7.09. The molecule has 2 aromatic heterocycles. The minimum Gasteiger partial charge on any atom is -0.354 e. The molecule has 1 saturated carbocycles. The molecule has 1 aromatic carbocycles. The Hall–Kier alpha value is -2.12. The predicted molar refractivity (Wildman–Crippen MR) is 115 cm³/mol. The van der Waals surface area contributed by atoms with Crippen molar-refractivity contribution in [1.82, 2.24) is 20.1 Å². The Morgan fingerprint density at radius 1 is 1.21 bits per heavy atom. The zero-order valence-electron chi connectivity index (χ0n) is 15.9. The Labute approximate surface area is 173 Å². The quantitative estimate of drug-likeness (QED) is 0.559. The van der Waals surface area contributed by atoms with Crippen molar-refractivity contribution in [3.63, 3.8) is 0 Å². The fourth-order valence-corrected chi connectivity index (χ4v) is 5.23. The van der Waals surface area contributed by atoms with Crippen molar-refractivity contribution in [3.8, 4) is 10.7 Å². The van der Waals surface area contributed by atoms with E-state index in [1.807, 2.05) is 23.6 Å². The molecule has 1 aliphatic rings. The summed E-state index contributed by atoms with van der Waals surface area (Å²) in [6.07, 6.45) is 3.50. The lowest BCUT2D eigenvalue weighted by molar-refractivity contribution is -0.119. The molecule has 3 aromatic rings. The number of carbonyl (C=O) groups excluding carboxylic acids is 1. The first kappa shape index (κ1) is 19.2. The molecule has 2 heterocycles. The predicted octanol–water partition coefficient (Wildman–Crippen LogP) is 4.36. The van der Waals surface area contributed by atoms with Gasteiger partial charge in [0, 0.05) is 18.5 Å². The smallest absolute Gasteiger partial charge is 0.230 e. The molecule has 0 bridgehead atoms. The van der Waals surface area contributed by atoms with Crippen LogP contribution in [0.4, 0.5) is 0 Å². The van der Waals surface area contributed by atoms with E-state index in [2.05, 4.69) is 51.3 Å². The molecule has 0 radical (unpaired) electrons. The second kappa shape index (κ2) is 8.49. The van der Waals surface area contributed by atoms with Crippen LogP contribution in [-0.2, 0) is 16.8 Å². The average molecular weight is 413 g/mol. The summed E-state index contributed by atoms with van der Waals surface area (Å²) in [5.74, 6) is 1.28. The van der Waals surface area contributed by atoms with Gasteiger partial charge in [0.15, 0.2) is 11.0 Å². The molecule has 5 nitrogen and oxygen atoms in total. The van der Waals surface area contributed by atoms with Gasteiger partial charge in [-0.05, 0) is 36.8 Å². The number of nitrogens with one attached hydrogen (secondary N) is 1. The van der Waals surface area contributed by atoms with Gasteiger partial charge in [0.25, 0.3) is 0 Å². The summed E-state index contributed by atoms with van der Waals surface area (Å²) in [7, 11) is 0. The van der Waals surface area contributed by atoms with Crippen LogP contribution < -0.4 is 5.32 Å². The van der Waals surface area contributed by atoms with E-state index in [1.165, 1.54) is 23.7 Å². The van der Waals surface area contributed by atoms with Crippen LogP contribution in [0, 0.1) is 0 Å². The molecule has 0 unspecified atom stereocenters. The molecule has 1 fully saturated rings. The summed E-state index contributed by atoms with van der Waals surface area (Å²) in [6, 6.07) is 14.6. The van der Waals surface area contributed by atoms with Gasteiger partial charge in [0.05, 0.1) is 10.6 Å². The van der Waals surface area contributed by atoms with Gasteiger partial charge < -0.3 is 9.88 Å². The van der Waals surface area contributed by atoms with Crippen molar-refractivity contribution in [1.29, 1.82) is 0 Å². The molecule has 0 saturated heterocycles. The first-order valence-electron chi connectivity index (χ1n) is 9.64. The first-order valence-corrected chi connectivity index (χ1v) is 11.5. The van der Waals surface area contributed by atoms with Gasteiger partial charge >= 0.3 is 0 Å².